The standard InChI is InChI=1S/C28H30ClFN2O6S/c1-6-39(36,37)16-17-7-9-20(26(34)21-10-8-19(29)13-24(21)30)22(11-17)23-15-32(5)25(33)12-18(23)14-31-27(35)38-28(2,3)4/h7-13,15H,6,14,16H2,1-5H3,(H,31,35). The van der Waals surface area contributed by atoms with Crippen LogP contribution in [0.4, 0.5) is 9.18 Å². The van der Waals surface area contributed by atoms with Crippen LogP contribution in [0.25, 0.3) is 11.1 Å². The van der Waals surface area contributed by atoms with E-state index >= 15 is 0 Å². The fourth-order valence-electron chi connectivity index (χ4n) is 3.82. The van der Waals surface area contributed by atoms with E-state index < -0.39 is 33.1 Å². The molecule has 0 aliphatic rings. The minimum absolute atomic E-state index is 0.0750. The van der Waals surface area contributed by atoms with Gasteiger partial charge in [0.15, 0.2) is 15.6 Å². The number of carbonyl (C=O) groups excluding carboxylic acids is 2. The van der Waals surface area contributed by atoms with Gasteiger partial charge in [-0.15, -0.1) is 0 Å². The minimum Gasteiger partial charge on any atom is -0.444 e. The fourth-order valence-corrected chi connectivity index (χ4v) is 4.87. The van der Waals surface area contributed by atoms with E-state index in [2.05, 4.69) is 5.32 Å². The number of aryl methyl sites for hydroxylation is 1. The summed E-state index contributed by atoms with van der Waals surface area (Å²) < 4.78 is 46.0. The van der Waals surface area contributed by atoms with Gasteiger partial charge >= 0.3 is 6.09 Å². The van der Waals surface area contributed by atoms with Crippen molar-refractivity contribution < 1.29 is 27.1 Å². The Balaban J connectivity index is 2.20. The van der Waals surface area contributed by atoms with Crippen molar-refractivity contribution in [2.24, 2.45) is 7.05 Å². The topological polar surface area (TPSA) is 112 Å². The highest BCUT2D eigenvalue weighted by Crippen LogP contribution is 2.31. The van der Waals surface area contributed by atoms with E-state index in [0.717, 1.165) is 6.07 Å². The quantitative estimate of drug-likeness (QED) is 0.376. The Hall–Kier alpha value is -3.50. The molecule has 0 spiro atoms. The SMILES string of the molecule is CCS(=O)(=O)Cc1ccc(C(=O)c2ccc(Cl)cc2F)c(-c2cn(C)c(=O)cc2CNC(=O)OC(C)(C)C)c1. The molecule has 0 aliphatic carbocycles. The number of ketones is 1. The Morgan fingerprint density at radius 3 is 2.33 bits per heavy atom. The van der Waals surface area contributed by atoms with E-state index in [-0.39, 0.29) is 45.3 Å². The maximum Gasteiger partial charge on any atom is 0.407 e. The lowest BCUT2D eigenvalue weighted by atomic mass is 9.91. The molecule has 39 heavy (non-hydrogen) atoms. The summed E-state index contributed by atoms with van der Waals surface area (Å²) in [4.78, 5) is 38.4. The second kappa shape index (κ2) is 11.7. The molecule has 1 amide bonds. The molecule has 3 rings (SSSR count). The number of halogens is 2. The average molecular weight is 577 g/mol. The monoisotopic (exact) mass is 576 g/mol. The summed E-state index contributed by atoms with van der Waals surface area (Å²) >= 11 is 5.86. The first-order chi connectivity index (χ1) is 18.1. The molecule has 208 valence electrons. The molecule has 1 N–H and O–H groups in total. The minimum atomic E-state index is -3.42. The number of nitrogens with one attached hydrogen (secondary N) is 1. The number of sulfone groups is 1. The van der Waals surface area contributed by atoms with Gasteiger partial charge in [0, 0.05) is 47.8 Å². The largest absolute Gasteiger partial charge is 0.444 e. The molecular weight excluding hydrogens is 547 g/mol. The normalized spacial score (nSPS) is 11.8. The van der Waals surface area contributed by atoms with Gasteiger partial charge in [-0.3, -0.25) is 9.59 Å². The summed E-state index contributed by atoms with van der Waals surface area (Å²) in [5.41, 5.74) is 0.127. The molecule has 0 aliphatic heterocycles. The van der Waals surface area contributed by atoms with Crippen LogP contribution in [0.2, 0.25) is 5.02 Å². The summed E-state index contributed by atoms with van der Waals surface area (Å²) in [6, 6.07) is 9.46. The van der Waals surface area contributed by atoms with Crippen molar-refractivity contribution in [2.75, 3.05) is 5.75 Å². The van der Waals surface area contributed by atoms with Crippen molar-refractivity contribution in [2.45, 2.75) is 45.6 Å². The smallest absolute Gasteiger partial charge is 0.407 e. The lowest BCUT2D eigenvalue weighted by molar-refractivity contribution is 0.0523. The number of ether oxygens (including phenoxy) is 1. The van der Waals surface area contributed by atoms with Crippen LogP contribution in [0, 0.1) is 5.82 Å². The molecule has 0 atom stereocenters. The second-order valence-corrected chi connectivity index (χ2v) is 12.8. The number of hydrogen-bond acceptors (Lipinski definition) is 6. The van der Waals surface area contributed by atoms with Crippen molar-refractivity contribution in [1.29, 1.82) is 0 Å². The van der Waals surface area contributed by atoms with Crippen molar-refractivity contribution in [3.63, 3.8) is 0 Å². The lowest BCUT2D eigenvalue weighted by Crippen LogP contribution is -2.32. The molecule has 0 bridgehead atoms. The van der Waals surface area contributed by atoms with Crippen molar-refractivity contribution in [3.05, 3.63) is 92.1 Å². The highest BCUT2D eigenvalue weighted by molar-refractivity contribution is 7.90. The second-order valence-electron chi connectivity index (χ2n) is 10.0. The molecule has 0 radical (unpaired) electrons. The highest BCUT2D eigenvalue weighted by Gasteiger charge is 2.23. The van der Waals surface area contributed by atoms with Crippen LogP contribution in [0.15, 0.2) is 53.5 Å². The van der Waals surface area contributed by atoms with E-state index in [0.29, 0.717) is 16.7 Å². The van der Waals surface area contributed by atoms with E-state index in [1.165, 1.54) is 61.1 Å². The third-order valence-electron chi connectivity index (χ3n) is 5.76. The van der Waals surface area contributed by atoms with E-state index in [9.17, 15) is 27.2 Å². The number of aromatic nitrogens is 1. The van der Waals surface area contributed by atoms with Crippen molar-refractivity contribution in [1.82, 2.24) is 9.88 Å². The molecule has 8 nitrogen and oxygen atoms in total. The molecule has 0 fully saturated rings. The fraction of sp³-hybridized carbons (Fsp3) is 0.321. The van der Waals surface area contributed by atoms with E-state index in [1.54, 1.807) is 20.8 Å². The van der Waals surface area contributed by atoms with E-state index in [4.69, 9.17) is 16.3 Å². The van der Waals surface area contributed by atoms with Gasteiger partial charge < -0.3 is 14.6 Å². The van der Waals surface area contributed by atoms with Gasteiger partial charge in [-0.05, 0) is 61.7 Å². The molecule has 2 aromatic carbocycles. The molecule has 3 aromatic rings. The average Bonchev–Trinajstić information content (AvgIpc) is 2.83. The Labute approximate surface area is 231 Å². The Kier molecular flexibility index (Phi) is 9.02. The summed E-state index contributed by atoms with van der Waals surface area (Å²) in [7, 11) is -1.90. The number of amides is 1. The first-order valence-corrected chi connectivity index (χ1v) is 14.3. The van der Waals surface area contributed by atoms with Crippen LogP contribution in [-0.2, 0) is 33.9 Å². The molecule has 0 unspecified atom stereocenters. The summed E-state index contributed by atoms with van der Waals surface area (Å²) in [6.45, 7) is 6.53. The molecule has 1 aromatic heterocycles. The zero-order chi connectivity index (χ0) is 29.1. The van der Waals surface area contributed by atoms with Crippen LogP contribution in [-0.4, -0.2) is 36.2 Å². The Bertz CT molecular complexity index is 1590. The highest BCUT2D eigenvalue weighted by atomic mass is 35.5. The maximum absolute atomic E-state index is 14.7. The Morgan fingerprint density at radius 1 is 1.05 bits per heavy atom. The predicted molar refractivity (Wildman–Crippen MR) is 148 cm³/mol. The van der Waals surface area contributed by atoms with Crippen LogP contribution in [0.1, 0.15) is 54.7 Å². The van der Waals surface area contributed by atoms with Gasteiger partial charge in [0.25, 0.3) is 5.56 Å². The molecule has 0 saturated heterocycles. The van der Waals surface area contributed by atoms with Crippen LogP contribution in [0.3, 0.4) is 0 Å². The van der Waals surface area contributed by atoms with Gasteiger partial charge in [-0.1, -0.05) is 30.7 Å². The number of rotatable bonds is 8. The summed E-state index contributed by atoms with van der Waals surface area (Å²) in [6.07, 6.45) is 0.771. The number of alkyl carbamates (subject to hydrolysis) is 1. The number of carbonyl (C=O) groups is 2. The number of nitrogens with zero attached hydrogens (tertiary/aromatic N) is 1. The van der Waals surface area contributed by atoms with Gasteiger partial charge in [-0.25, -0.2) is 17.6 Å². The third-order valence-corrected chi connectivity index (χ3v) is 7.64. The number of benzene rings is 2. The van der Waals surface area contributed by atoms with Gasteiger partial charge in [0.05, 0.1) is 11.3 Å². The first kappa shape index (κ1) is 30.0. The lowest BCUT2D eigenvalue weighted by Gasteiger charge is -2.20. The zero-order valence-corrected chi connectivity index (χ0v) is 23.9. The van der Waals surface area contributed by atoms with Crippen LogP contribution < -0.4 is 10.9 Å². The predicted octanol–water partition coefficient (Wildman–Crippen LogP) is 5.04. The van der Waals surface area contributed by atoms with Crippen molar-refractivity contribution >= 4 is 33.3 Å². The van der Waals surface area contributed by atoms with Crippen LogP contribution >= 0.6 is 11.6 Å². The number of pyridine rings is 1. The van der Waals surface area contributed by atoms with Crippen molar-refractivity contribution in [3.8, 4) is 11.1 Å². The van der Waals surface area contributed by atoms with Gasteiger partial charge in [0.1, 0.15) is 11.4 Å². The Morgan fingerprint density at radius 2 is 1.72 bits per heavy atom. The molecule has 1 heterocycles. The van der Waals surface area contributed by atoms with E-state index in [1.807, 2.05) is 0 Å². The molecule has 11 heteroatoms. The number of hydrogen-bond donors (Lipinski definition) is 1. The first-order valence-electron chi connectivity index (χ1n) is 12.1. The summed E-state index contributed by atoms with van der Waals surface area (Å²) in [5, 5.41) is 2.73. The summed E-state index contributed by atoms with van der Waals surface area (Å²) in [5.74, 6) is -1.84. The molecule has 0 saturated carbocycles. The van der Waals surface area contributed by atoms with Crippen LogP contribution in [0.5, 0.6) is 0 Å². The van der Waals surface area contributed by atoms with Gasteiger partial charge in [-0.2, -0.15) is 0 Å². The van der Waals surface area contributed by atoms with Gasteiger partial charge in [0.2, 0.25) is 0 Å². The maximum atomic E-state index is 14.7. The zero-order valence-electron chi connectivity index (χ0n) is 22.3. The molecular formula is C28H30ClFN2O6S. The third kappa shape index (κ3) is 7.77.